The van der Waals surface area contributed by atoms with Crippen molar-refractivity contribution in [1.82, 2.24) is 15.3 Å². The van der Waals surface area contributed by atoms with Crippen molar-refractivity contribution < 1.29 is 14.3 Å². The highest BCUT2D eigenvalue weighted by molar-refractivity contribution is 5.84. The minimum absolute atomic E-state index is 0.128. The number of rotatable bonds is 5. The lowest BCUT2D eigenvalue weighted by Gasteiger charge is -2.34. The molecule has 2 unspecified atom stereocenters. The summed E-state index contributed by atoms with van der Waals surface area (Å²) in [5.41, 5.74) is 4.63. The van der Waals surface area contributed by atoms with E-state index >= 15 is 0 Å². The molecule has 1 amide bonds. The highest BCUT2D eigenvalue weighted by Gasteiger charge is 2.40. The van der Waals surface area contributed by atoms with Gasteiger partial charge in [0.25, 0.3) is 5.91 Å². The van der Waals surface area contributed by atoms with Gasteiger partial charge in [0.1, 0.15) is 11.8 Å². The highest BCUT2D eigenvalue weighted by atomic mass is 16.5. The molecule has 3 aliphatic rings. The number of carbonyl (C=O) groups is 1. The van der Waals surface area contributed by atoms with Crippen LogP contribution in [0.1, 0.15) is 37.8 Å². The number of nitrogens with one attached hydrogen (secondary N) is 1. The Balaban J connectivity index is 1.39. The second kappa shape index (κ2) is 7.68. The standard InChI is InChI=1S/C20H27N3O3/c1-2-26-17-5-3-16(4-6-17)18-13-19-20(24)22(9-10-23(19)21-18)14-15-7-11-25-12-8-15/h3-6,9-10,15,18-19,21H,2,7-8,11-14H2,1H3. The molecule has 6 heteroatoms. The molecule has 0 bridgehead atoms. The molecule has 2 atom stereocenters. The van der Waals surface area contributed by atoms with Crippen molar-refractivity contribution in [2.75, 3.05) is 26.4 Å². The summed E-state index contributed by atoms with van der Waals surface area (Å²) in [5.74, 6) is 1.62. The lowest BCUT2D eigenvalue weighted by molar-refractivity contribution is -0.135. The van der Waals surface area contributed by atoms with E-state index in [1.165, 1.54) is 5.56 Å². The molecule has 2 fully saturated rings. The van der Waals surface area contributed by atoms with Gasteiger partial charge >= 0.3 is 0 Å². The fraction of sp³-hybridized carbons (Fsp3) is 0.550. The topological polar surface area (TPSA) is 54.0 Å². The molecule has 0 saturated carbocycles. The highest BCUT2D eigenvalue weighted by Crippen LogP contribution is 2.32. The van der Waals surface area contributed by atoms with Crippen molar-refractivity contribution >= 4 is 5.91 Å². The summed E-state index contributed by atoms with van der Waals surface area (Å²) in [6, 6.07) is 8.16. The molecule has 0 radical (unpaired) electrons. The van der Waals surface area contributed by atoms with E-state index in [1.807, 2.05) is 41.4 Å². The zero-order chi connectivity index (χ0) is 17.9. The molecule has 0 spiro atoms. The quantitative estimate of drug-likeness (QED) is 0.877. The number of fused-ring (bicyclic) bond motifs is 1. The van der Waals surface area contributed by atoms with Crippen molar-refractivity contribution in [2.45, 2.75) is 38.3 Å². The Bertz CT molecular complexity index is 655. The Kier molecular flexibility index (Phi) is 5.13. The van der Waals surface area contributed by atoms with Crippen molar-refractivity contribution in [2.24, 2.45) is 5.92 Å². The van der Waals surface area contributed by atoms with E-state index in [-0.39, 0.29) is 18.0 Å². The fourth-order valence-corrected chi connectivity index (χ4v) is 3.97. The van der Waals surface area contributed by atoms with Crippen LogP contribution >= 0.6 is 0 Å². The monoisotopic (exact) mass is 357 g/mol. The van der Waals surface area contributed by atoms with E-state index in [2.05, 4.69) is 17.6 Å². The Hall–Kier alpha value is -2.05. The van der Waals surface area contributed by atoms with Crippen molar-refractivity contribution in [3.8, 4) is 5.75 Å². The van der Waals surface area contributed by atoms with Crippen molar-refractivity contribution in [3.63, 3.8) is 0 Å². The first-order chi connectivity index (χ1) is 12.7. The van der Waals surface area contributed by atoms with Crippen LogP contribution in [-0.2, 0) is 9.53 Å². The Morgan fingerprint density at radius 2 is 1.96 bits per heavy atom. The summed E-state index contributed by atoms with van der Waals surface area (Å²) in [7, 11) is 0. The second-order valence-corrected chi connectivity index (χ2v) is 7.19. The van der Waals surface area contributed by atoms with E-state index in [0.29, 0.717) is 12.5 Å². The smallest absolute Gasteiger partial charge is 0.250 e. The number of amides is 1. The third-order valence-corrected chi connectivity index (χ3v) is 5.46. The number of hydrogen-bond donors (Lipinski definition) is 1. The van der Waals surface area contributed by atoms with Gasteiger partial charge in [-0.25, -0.2) is 5.43 Å². The van der Waals surface area contributed by atoms with Crippen LogP contribution < -0.4 is 10.2 Å². The van der Waals surface area contributed by atoms with Gasteiger partial charge in [0.05, 0.1) is 12.6 Å². The maximum Gasteiger partial charge on any atom is 0.250 e. The van der Waals surface area contributed by atoms with E-state index < -0.39 is 0 Å². The van der Waals surface area contributed by atoms with Crippen molar-refractivity contribution in [1.29, 1.82) is 0 Å². The van der Waals surface area contributed by atoms with Crippen LogP contribution in [-0.4, -0.2) is 48.2 Å². The van der Waals surface area contributed by atoms with Gasteiger partial charge in [0.15, 0.2) is 0 Å². The molecule has 0 aromatic heterocycles. The second-order valence-electron chi connectivity index (χ2n) is 7.19. The SMILES string of the molecule is CCOc1ccc(C2CC3C(=O)N(CC4CCOCC4)C=CN3N2)cc1. The first-order valence-electron chi connectivity index (χ1n) is 9.58. The average molecular weight is 357 g/mol. The minimum Gasteiger partial charge on any atom is -0.494 e. The molecule has 1 aromatic carbocycles. The molecule has 3 heterocycles. The molecule has 2 saturated heterocycles. The van der Waals surface area contributed by atoms with E-state index in [0.717, 1.165) is 44.8 Å². The zero-order valence-corrected chi connectivity index (χ0v) is 15.3. The van der Waals surface area contributed by atoms with Gasteiger partial charge in [-0.3, -0.25) is 4.79 Å². The number of benzene rings is 1. The predicted molar refractivity (Wildman–Crippen MR) is 98.1 cm³/mol. The van der Waals surface area contributed by atoms with Crippen LogP contribution in [0.2, 0.25) is 0 Å². The molecule has 6 nitrogen and oxygen atoms in total. The summed E-state index contributed by atoms with van der Waals surface area (Å²) >= 11 is 0. The largest absolute Gasteiger partial charge is 0.494 e. The molecule has 1 N–H and O–H groups in total. The number of ether oxygens (including phenoxy) is 2. The van der Waals surface area contributed by atoms with Crippen LogP contribution in [0.3, 0.4) is 0 Å². The lowest BCUT2D eigenvalue weighted by Crippen LogP contribution is -2.49. The summed E-state index contributed by atoms with van der Waals surface area (Å²) < 4.78 is 10.9. The minimum atomic E-state index is -0.128. The van der Waals surface area contributed by atoms with E-state index in [4.69, 9.17) is 9.47 Å². The molecule has 140 valence electrons. The summed E-state index contributed by atoms with van der Waals surface area (Å²) in [6.07, 6.45) is 6.78. The summed E-state index contributed by atoms with van der Waals surface area (Å²) in [4.78, 5) is 14.8. The maximum atomic E-state index is 12.9. The number of carbonyl (C=O) groups excluding carboxylic acids is 1. The van der Waals surface area contributed by atoms with Gasteiger partial charge in [-0.1, -0.05) is 12.1 Å². The van der Waals surface area contributed by atoms with Gasteiger partial charge in [-0.15, -0.1) is 0 Å². The van der Waals surface area contributed by atoms with Gasteiger partial charge < -0.3 is 19.4 Å². The first kappa shape index (κ1) is 17.4. The molecule has 4 rings (SSSR count). The van der Waals surface area contributed by atoms with Crippen LogP contribution in [0.25, 0.3) is 0 Å². The Morgan fingerprint density at radius 1 is 1.19 bits per heavy atom. The molecular weight excluding hydrogens is 330 g/mol. The normalized spacial score (nSPS) is 26.3. The Morgan fingerprint density at radius 3 is 2.69 bits per heavy atom. The van der Waals surface area contributed by atoms with Crippen LogP contribution in [0.5, 0.6) is 5.75 Å². The van der Waals surface area contributed by atoms with E-state index in [1.54, 1.807) is 0 Å². The molecule has 0 aliphatic carbocycles. The van der Waals surface area contributed by atoms with Gasteiger partial charge in [-0.2, -0.15) is 0 Å². The van der Waals surface area contributed by atoms with Gasteiger partial charge in [0.2, 0.25) is 0 Å². The third-order valence-electron chi connectivity index (χ3n) is 5.46. The predicted octanol–water partition coefficient (Wildman–Crippen LogP) is 2.45. The lowest BCUT2D eigenvalue weighted by atomic mass is 9.98. The van der Waals surface area contributed by atoms with Crippen molar-refractivity contribution in [3.05, 3.63) is 42.2 Å². The van der Waals surface area contributed by atoms with E-state index in [9.17, 15) is 4.79 Å². The first-order valence-corrected chi connectivity index (χ1v) is 9.58. The number of nitrogens with zero attached hydrogens (tertiary/aromatic N) is 2. The summed E-state index contributed by atoms with van der Waals surface area (Å²) in [6.45, 7) is 5.07. The number of hydrazine groups is 1. The molecule has 26 heavy (non-hydrogen) atoms. The third kappa shape index (κ3) is 3.57. The average Bonchev–Trinajstić information content (AvgIpc) is 3.11. The van der Waals surface area contributed by atoms with Gasteiger partial charge in [0, 0.05) is 32.2 Å². The molecule has 1 aromatic rings. The van der Waals surface area contributed by atoms with Gasteiger partial charge in [-0.05, 0) is 49.8 Å². The van der Waals surface area contributed by atoms with Crippen LogP contribution in [0.4, 0.5) is 0 Å². The van der Waals surface area contributed by atoms with Crippen LogP contribution in [0.15, 0.2) is 36.7 Å². The molecule has 3 aliphatic heterocycles. The zero-order valence-electron chi connectivity index (χ0n) is 15.3. The maximum absolute atomic E-state index is 12.9. The Labute approximate surface area is 154 Å². The number of hydrogen-bond acceptors (Lipinski definition) is 5. The fourth-order valence-electron chi connectivity index (χ4n) is 3.97. The summed E-state index contributed by atoms with van der Waals surface area (Å²) in [5, 5.41) is 1.96. The molecular formula is C20H27N3O3. The van der Waals surface area contributed by atoms with Crippen LogP contribution in [0, 0.1) is 5.92 Å².